The third kappa shape index (κ3) is 7.87. The van der Waals surface area contributed by atoms with Crippen molar-refractivity contribution in [1.82, 2.24) is 20.2 Å². The Bertz CT molecular complexity index is 2510. The van der Waals surface area contributed by atoms with Crippen LogP contribution in [0.15, 0.2) is 126 Å². The van der Waals surface area contributed by atoms with E-state index in [-0.39, 0.29) is 33.7 Å². The van der Waals surface area contributed by atoms with E-state index in [4.69, 9.17) is 0 Å². The summed E-state index contributed by atoms with van der Waals surface area (Å²) in [4.78, 5) is 26.7. The van der Waals surface area contributed by atoms with Gasteiger partial charge in [0, 0.05) is 55.0 Å². The Morgan fingerprint density at radius 1 is 0.736 bits per heavy atom. The van der Waals surface area contributed by atoms with E-state index in [9.17, 15) is 26.7 Å². The molecule has 1 aliphatic rings. The van der Waals surface area contributed by atoms with Crippen LogP contribution in [0.2, 0.25) is 0 Å². The first-order valence-electron chi connectivity index (χ1n) is 17.3. The minimum Gasteiger partial charge on any atom is -0.508 e. The first-order chi connectivity index (χ1) is 25.5. The van der Waals surface area contributed by atoms with E-state index in [1.54, 1.807) is 59.5 Å². The lowest BCUT2D eigenvalue weighted by molar-refractivity contribution is -0.133. The topological polar surface area (TPSA) is 150 Å². The summed E-state index contributed by atoms with van der Waals surface area (Å²) in [6.07, 6.45) is 2.85. The minimum atomic E-state index is -4.03. The van der Waals surface area contributed by atoms with Gasteiger partial charge in [0.05, 0.1) is 11.8 Å². The molecule has 13 heteroatoms. The van der Waals surface area contributed by atoms with Crippen LogP contribution in [0.5, 0.6) is 5.75 Å². The van der Waals surface area contributed by atoms with Gasteiger partial charge in [0.2, 0.25) is 15.7 Å². The van der Waals surface area contributed by atoms with Crippen LogP contribution in [-0.2, 0) is 36.6 Å². The lowest BCUT2D eigenvalue weighted by atomic mass is 9.99. The molecule has 11 nitrogen and oxygen atoms in total. The number of anilines is 1. The van der Waals surface area contributed by atoms with E-state index >= 15 is 0 Å². The number of aromatic hydroxyl groups is 1. The molecule has 1 atom stereocenters. The average Bonchev–Trinajstić information content (AvgIpc) is 3.16. The fourth-order valence-corrected chi connectivity index (χ4v) is 9.66. The van der Waals surface area contributed by atoms with Crippen molar-refractivity contribution in [3.63, 3.8) is 0 Å². The van der Waals surface area contributed by atoms with Gasteiger partial charge in [-0.1, -0.05) is 72.3 Å². The Hall–Kier alpha value is -5.37. The molecule has 53 heavy (non-hydrogen) atoms. The quantitative estimate of drug-likeness (QED) is 0.184. The number of amides is 1. The molecular weight excluding hydrogens is 711 g/mol. The number of phenolic OH excluding ortho intramolecular Hbond substituents is 1. The van der Waals surface area contributed by atoms with Gasteiger partial charge in [0.1, 0.15) is 11.6 Å². The number of pyridine rings is 2. The molecule has 1 aliphatic heterocycles. The average molecular weight is 750 g/mol. The van der Waals surface area contributed by atoms with Gasteiger partial charge in [-0.3, -0.25) is 10.1 Å². The van der Waals surface area contributed by atoms with Crippen LogP contribution < -0.4 is 10.2 Å². The summed E-state index contributed by atoms with van der Waals surface area (Å²) < 4.78 is 55.4. The number of carbonyl (C=O) groups is 1. The van der Waals surface area contributed by atoms with Gasteiger partial charge in [-0.05, 0) is 71.6 Å². The highest BCUT2D eigenvalue weighted by Gasteiger charge is 2.31. The van der Waals surface area contributed by atoms with Gasteiger partial charge < -0.3 is 14.9 Å². The predicted molar refractivity (Wildman–Crippen MR) is 205 cm³/mol. The SMILES string of the molecule is Cc1ccc(N2CCN(C(=O)C(Cc3ccc(O)cc3CS(=O)(=O)c3nccc4ccccc34)NCS(=O)(=O)c3nccc4ccccc34)CC2)cc1. The summed E-state index contributed by atoms with van der Waals surface area (Å²) in [5.41, 5.74) is 2.96. The molecule has 1 unspecified atom stereocenters. The number of nitrogens with zero attached hydrogens (tertiary/aromatic N) is 4. The number of aryl methyl sites for hydroxylation is 1. The third-order valence-electron chi connectivity index (χ3n) is 9.63. The monoisotopic (exact) mass is 749 g/mol. The number of carbonyl (C=O) groups excluding carboxylic acids is 1. The number of piperazine rings is 1. The van der Waals surface area contributed by atoms with E-state index in [1.807, 2.05) is 31.2 Å². The first-order valence-corrected chi connectivity index (χ1v) is 20.6. The minimum absolute atomic E-state index is 0.0381. The molecule has 2 aromatic heterocycles. The molecule has 272 valence electrons. The normalized spacial score (nSPS) is 14.4. The highest BCUT2D eigenvalue weighted by molar-refractivity contribution is 7.91. The van der Waals surface area contributed by atoms with Crippen molar-refractivity contribution in [2.24, 2.45) is 0 Å². The van der Waals surface area contributed by atoms with Crippen molar-refractivity contribution >= 4 is 52.8 Å². The molecule has 0 aliphatic carbocycles. The smallest absolute Gasteiger partial charge is 0.240 e. The summed E-state index contributed by atoms with van der Waals surface area (Å²) in [5.74, 6) is -1.53. The lowest BCUT2D eigenvalue weighted by Gasteiger charge is -2.38. The fourth-order valence-electron chi connectivity index (χ4n) is 6.80. The molecule has 0 spiro atoms. The van der Waals surface area contributed by atoms with Gasteiger partial charge in [-0.2, -0.15) is 0 Å². The maximum absolute atomic E-state index is 14.3. The second-order valence-corrected chi connectivity index (χ2v) is 17.1. The van der Waals surface area contributed by atoms with Gasteiger partial charge in [0.25, 0.3) is 0 Å². The molecule has 2 N–H and O–H groups in total. The van der Waals surface area contributed by atoms with Crippen LogP contribution in [0.3, 0.4) is 0 Å². The molecule has 0 bridgehead atoms. The van der Waals surface area contributed by atoms with Crippen molar-refractivity contribution in [2.45, 2.75) is 35.2 Å². The number of rotatable bonds is 11. The Labute approximate surface area is 308 Å². The third-order valence-corrected chi connectivity index (χ3v) is 12.7. The van der Waals surface area contributed by atoms with Crippen LogP contribution in [-0.4, -0.2) is 80.8 Å². The van der Waals surface area contributed by atoms with E-state index in [1.165, 1.54) is 24.5 Å². The van der Waals surface area contributed by atoms with E-state index < -0.39 is 37.3 Å². The fraction of sp³-hybridized carbons (Fsp3) is 0.225. The summed E-state index contributed by atoms with van der Waals surface area (Å²) in [7, 11) is -8.07. The van der Waals surface area contributed by atoms with E-state index in [0.29, 0.717) is 42.5 Å². The van der Waals surface area contributed by atoms with Crippen molar-refractivity contribution in [3.05, 3.63) is 132 Å². The zero-order chi connectivity index (χ0) is 37.2. The predicted octanol–water partition coefficient (Wildman–Crippen LogP) is 5.05. The highest BCUT2D eigenvalue weighted by atomic mass is 32.2. The van der Waals surface area contributed by atoms with Gasteiger partial charge in [-0.15, -0.1) is 0 Å². The standard InChI is InChI=1S/C40H39N5O6S2/c1-28-10-13-33(14-11-28)44-20-22-45(23-21-44)40(47)37(43-27-53(50,51)39-36-9-5-3-7-30(36)17-19-42-39)25-31-12-15-34(46)24-32(31)26-52(48,49)38-35-8-4-2-6-29(35)16-18-41-38/h2-19,24,37,43,46H,20-23,25-27H2,1H3. The van der Waals surface area contributed by atoms with Crippen LogP contribution in [0.1, 0.15) is 16.7 Å². The van der Waals surface area contributed by atoms with Gasteiger partial charge in [-0.25, -0.2) is 26.8 Å². The second-order valence-electron chi connectivity index (χ2n) is 13.3. The largest absolute Gasteiger partial charge is 0.508 e. The highest BCUT2D eigenvalue weighted by Crippen LogP contribution is 2.28. The van der Waals surface area contributed by atoms with Crippen LogP contribution in [0.25, 0.3) is 21.5 Å². The number of nitrogens with one attached hydrogen (secondary N) is 1. The summed E-state index contributed by atoms with van der Waals surface area (Å²) in [6.45, 7) is 4.01. The summed E-state index contributed by atoms with van der Waals surface area (Å²) in [6, 6.07) is 29.1. The molecule has 6 aromatic rings. The maximum atomic E-state index is 14.3. The van der Waals surface area contributed by atoms with Crippen LogP contribution in [0, 0.1) is 6.92 Å². The molecule has 1 amide bonds. The van der Waals surface area contributed by atoms with Crippen LogP contribution >= 0.6 is 0 Å². The number of hydrogen-bond donors (Lipinski definition) is 2. The Morgan fingerprint density at radius 3 is 1.94 bits per heavy atom. The Kier molecular flexibility index (Phi) is 10.1. The Balaban J connectivity index is 1.18. The summed E-state index contributed by atoms with van der Waals surface area (Å²) in [5, 5.41) is 15.7. The number of sulfone groups is 2. The zero-order valence-corrected chi connectivity index (χ0v) is 30.7. The number of fused-ring (bicyclic) bond motifs is 2. The molecular formula is C40H39N5O6S2. The molecule has 3 heterocycles. The van der Waals surface area contributed by atoms with Crippen molar-refractivity contribution in [1.29, 1.82) is 0 Å². The van der Waals surface area contributed by atoms with Gasteiger partial charge in [0.15, 0.2) is 19.9 Å². The maximum Gasteiger partial charge on any atom is 0.240 e. The summed E-state index contributed by atoms with van der Waals surface area (Å²) >= 11 is 0. The molecule has 1 fully saturated rings. The zero-order valence-electron chi connectivity index (χ0n) is 29.1. The second kappa shape index (κ2) is 14.9. The molecule has 0 radical (unpaired) electrons. The molecule has 1 saturated heterocycles. The number of phenols is 1. The van der Waals surface area contributed by atoms with Crippen molar-refractivity contribution in [3.8, 4) is 5.75 Å². The Morgan fingerprint density at radius 2 is 1.32 bits per heavy atom. The van der Waals surface area contributed by atoms with E-state index in [2.05, 4.69) is 32.3 Å². The number of benzene rings is 4. The first kappa shape index (κ1) is 36.0. The lowest BCUT2D eigenvalue weighted by Crippen LogP contribution is -2.55. The molecule has 7 rings (SSSR count). The molecule has 4 aromatic carbocycles. The van der Waals surface area contributed by atoms with Crippen molar-refractivity contribution in [2.75, 3.05) is 37.0 Å². The van der Waals surface area contributed by atoms with Crippen molar-refractivity contribution < 1.29 is 26.7 Å². The molecule has 0 saturated carbocycles. The number of aromatic nitrogens is 2. The van der Waals surface area contributed by atoms with Gasteiger partial charge >= 0.3 is 0 Å². The number of hydrogen-bond acceptors (Lipinski definition) is 10. The van der Waals surface area contributed by atoms with Crippen LogP contribution in [0.4, 0.5) is 5.69 Å². The van der Waals surface area contributed by atoms with E-state index in [0.717, 1.165) is 22.0 Å².